The van der Waals surface area contributed by atoms with E-state index >= 15 is 4.39 Å². The number of rotatable bonds is 21. The fourth-order valence-corrected chi connectivity index (χ4v) is 8.55. The zero-order chi connectivity index (χ0) is 43.1. The first-order chi connectivity index (χ1) is 29.5. The summed E-state index contributed by atoms with van der Waals surface area (Å²) in [6.45, 7) is 12.2. The summed E-state index contributed by atoms with van der Waals surface area (Å²) in [5.74, 6) is -0.762. The molecule has 0 unspecified atom stereocenters. The SMILES string of the molecule is C=C1OCc2c(cc3n(c2=O)Cc2c-3nc3cc(F)c(C)c4c3c2[C@@H](NC(=O)CCCNCC=CCCOCCOCCNC=CCCN2C(=O)C=CC2=O)CC4)[C@@]1(O)CC. The zero-order valence-electron chi connectivity index (χ0n) is 34.9. The number of ether oxygens (including phenoxy) is 3. The van der Waals surface area contributed by atoms with Gasteiger partial charge in [-0.1, -0.05) is 31.7 Å². The van der Waals surface area contributed by atoms with Crippen LogP contribution in [0, 0.1) is 12.7 Å². The standard InChI is InChI=1S/C46H55FN6O8/c1-4-46(58)30(3)61-28-33-34(46)25-38-44-32(27-53(38)45(33)57)43-36(13-12-31-29(2)35(47)26-37(51-44)42(31)43)50-39(54)11-10-18-48-16-6-5-9-21-59-23-24-60-22-19-49-17-7-8-20-52-40(55)14-15-41(52)56/h5-7,14-15,17,25-26,36,48-49,58H,3-4,8-13,16,18-24,27-28H2,1-2H3,(H,50,54)/t36-,46+/m0/s1. The monoisotopic (exact) mass is 838 g/mol. The molecule has 61 heavy (non-hydrogen) atoms. The molecule has 2 atom stereocenters. The van der Waals surface area contributed by atoms with Crippen LogP contribution in [0.2, 0.25) is 0 Å². The Morgan fingerprint density at radius 3 is 2.62 bits per heavy atom. The molecular formula is C46H55FN6O8. The molecule has 4 aliphatic rings. The number of nitrogens with one attached hydrogen (secondary N) is 3. The van der Waals surface area contributed by atoms with Crippen molar-refractivity contribution in [2.24, 2.45) is 0 Å². The normalized spacial score (nSPS) is 19.0. The van der Waals surface area contributed by atoms with Crippen molar-refractivity contribution in [1.29, 1.82) is 0 Å². The van der Waals surface area contributed by atoms with Crippen LogP contribution in [-0.2, 0) is 53.8 Å². The Morgan fingerprint density at radius 2 is 1.84 bits per heavy atom. The molecule has 2 aromatic heterocycles. The molecule has 1 aromatic carbocycles. The highest BCUT2D eigenvalue weighted by molar-refractivity contribution is 6.12. The second-order valence-corrected chi connectivity index (χ2v) is 15.7. The number of amides is 3. The molecule has 14 nitrogen and oxygen atoms in total. The first-order valence-electron chi connectivity index (χ1n) is 21.2. The van der Waals surface area contributed by atoms with E-state index in [0.29, 0.717) is 118 Å². The van der Waals surface area contributed by atoms with Gasteiger partial charge in [0.1, 0.15) is 23.8 Å². The molecule has 15 heteroatoms. The number of hydrogen-bond donors (Lipinski definition) is 4. The largest absolute Gasteiger partial charge is 0.490 e. The van der Waals surface area contributed by atoms with Gasteiger partial charge < -0.3 is 39.8 Å². The van der Waals surface area contributed by atoms with Gasteiger partial charge in [0.25, 0.3) is 17.4 Å². The lowest BCUT2D eigenvalue weighted by Gasteiger charge is -2.35. The van der Waals surface area contributed by atoms with Gasteiger partial charge in [-0.25, -0.2) is 9.37 Å². The van der Waals surface area contributed by atoms with Crippen molar-refractivity contribution in [3.63, 3.8) is 0 Å². The fraction of sp³-hybridized carbons (Fsp3) is 0.457. The molecule has 0 fully saturated rings. The van der Waals surface area contributed by atoms with Crippen LogP contribution in [0.15, 0.2) is 65.8 Å². The number of aromatic nitrogens is 2. The third-order valence-electron chi connectivity index (χ3n) is 11.9. The van der Waals surface area contributed by atoms with E-state index in [-0.39, 0.29) is 60.5 Å². The van der Waals surface area contributed by atoms with E-state index in [2.05, 4.69) is 28.6 Å². The Morgan fingerprint density at radius 1 is 1.05 bits per heavy atom. The van der Waals surface area contributed by atoms with Crippen LogP contribution >= 0.6 is 0 Å². The number of benzene rings is 1. The maximum Gasteiger partial charge on any atom is 0.258 e. The minimum absolute atomic E-state index is 0.0109. The van der Waals surface area contributed by atoms with E-state index < -0.39 is 5.60 Å². The van der Waals surface area contributed by atoms with Crippen LogP contribution in [0.1, 0.15) is 84.9 Å². The number of imide groups is 1. The Bertz CT molecular complexity index is 2340. The predicted molar refractivity (Wildman–Crippen MR) is 228 cm³/mol. The topological polar surface area (TPSA) is 173 Å². The van der Waals surface area contributed by atoms with Gasteiger partial charge in [0.2, 0.25) is 5.91 Å². The molecule has 0 saturated carbocycles. The van der Waals surface area contributed by atoms with E-state index in [0.717, 1.165) is 28.5 Å². The van der Waals surface area contributed by atoms with Crippen molar-refractivity contribution in [2.75, 3.05) is 52.6 Å². The highest BCUT2D eigenvalue weighted by Crippen LogP contribution is 2.46. The average molecular weight is 839 g/mol. The molecule has 324 valence electrons. The number of carbonyl (C=O) groups is 3. The van der Waals surface area contributed by atoms with E-state index in [1.807, 2.05) is 19.1 Å². The van der Waals surface area contributed by atoms with Crippen molar-refractivity contribution in [3.05, 3.63) is 111 Å². The number of pyridine rings is 2. The van der Waals surface area contributed by atoms with Gasteiger partial charge in [0, 0.05) is 60.8 Å². The summed E-state index contributed by atoms with van der Waals surface area (Å²) in [6.07, 6.45) is 14.1. The molecule has 7 rings (SSSR count). The van der Waals surface area contributed by atoms with Gasteiger partial charge in [-0.15, -0.1) is 0 Å². The van der Waals surface area contributed by atoms with Crippen molar-refractivity contribution >= 4 is 28.6 Å². The van der Waals surface area contributed by atoms with Gasteiger partial charge in [0.15, 0.2) is 0 Å². The van der Waals surface area contributed by atoms with Crippen LogP contribution in [0.3, 0.4) is 0 Å². The predicted octanol–water partition coefficient (Wildman–Crippen LogP) is 4.39. The Labute approximate surface area is 354 Å². The summed E-state index contributed by atoms with van der Waals surface area (Å²) < 4.78 is 33.8. The highest BCUT2D eigenvalue weighted by atomic mass is 19.1. The Hall–Kier alpha value is -5.48. The number of aliphatic hydroxyl groups is 1. The lowest BCUT2D eigenvalue weighted by atomic mass is 9.81. The minimum Gasteiger partial charge on any atom is -0.490 e. The maximum atomic E-state index is 15.3. The summed E-state index contributed by atoms with van der Waals surface area (Å²) in [6, 6.07) is 2.91. The molecule has 3 aliphatic heterocycles. The number of aryl methyl sites for hydroxylation is 1. The van der Waals surface area contributed by atoms with Crippen LogP contribution in [0.25, 0.3) is 22.3 Å². The third-order valence-corrected chi connectivity index (χ3v) is 11.9. The van der Waals surface area contributed by atoms with E-state index in [9.17, 15) is 24.3 Å². The summed E-state index contributed by atoms with van der Waals surface area (Å²) in [4.78, 5) is 56.6. The van der Waals surface area contributed by atoms with Gasteiger partial charge in [0.05, 0.1) is 61.5 Å². The molecule has 0 bridgehead atoms. The van der Waals surface area contributed by atoms with Crippen LogP contribution < -0.4 is 21.5 Å². The first kappa shape index (κ1) is 43.6. The number of carbonyl (C=O) groups excluding carboxylic acids is 3. The maximum absolute atomic E-state index is 15.3. The average Bonchev–Trinajstić information content (AvgIpc) is 3.78. The van der Waals surface area contributed by atoms with Crippen LogP contribution in [-0.4, -0.2) is 89.9 Å². The number of hydrogen-bond acceptors (Lipinski definition) is 11. The second-order valence-electron chi connectivity index (χ2n) is 15.7. The molecule has 5 heterocycles. The number of nitrogens with zero attached hydrogens (tertiary/aromatic N) is 3. The van der Waals surface area contributed by atoms with Gasteiger partial charge in [-0.2, -0.15) is 0 Å². The van der Waals surface area contributed by atoms with Crippen molar-refractivity contribution < 1.29 is 38.1 Å². The molecule has 0 radical (unpaired) electrons. The van der Waals surface area contributed by atoms with Gasteiger partial charge in [-0.05, 0) is 81.0 Å². The van der Waals surface area contributed by atoms with E-state index in [1.165, 1.54) is 23.1 Å². The van der Waals surface area contributed by atoms with Crippen LogP contribution in [0.5, 0.6) is 0 Å². The van der Waals surface area contributed by atoms with Crippen molar-refractivity contribution in [3.8, 4) is 11.4 Å². The Kier molecular flexibility index (Phi) is 13.9. The third kappa shape index (κ3) is 9.25. The minimum atomic E-state index is -1.52. The summed E-state index contributed by atoms with van der Waals surface area (Å²) in [5, 5.41) is 22.1. The summed E-state index contributed by atoms with van der Waals surface area (Å²) >= 11 is 0. The number of halogens is 1. The molecule has 0 spiro atoms. The molecule has 4 N–H and O–H groups in total. The molecule has 1 aliphatic carbocycles. The van der Waals surface area contributed by atoms with E-state index in [1.54, 1.807) is 23.8 Å². The summed E-state index contributed by atoms with van der Waals surface area (Å²) in [5.41, 5.74) is 3.79. The molecule has 3 aromatic rings. The second kappa shape index (κ2) is 19.5. The Balaban J connectivity index is 0.829. The van der Waals surface area contributed by atoms with E-state index in [4.69, 9.17) is 19.2 Å². The summed E-state index contributed by atoms with van der Waals surface area (Å²) in [7, 11) is 0. The molecule has 3 amide bonds. The smallest absolute Gasteiger partial charge is 0.258 e. The lowest BCUT2D eigenvalue weighted by molar-refractivity contribution is -0.136. The van der Waals surface area contributed by atoms with Crippen molar-refractivity contribution in [1.82, 2.24) is 30.4 Å². The fourth-order valence-electron chi connectivity index (χ4n) is 8.55. The molecule has 0 saturated heterocycles. The quantitative estimate of drug-likeness (QED) is 0.0533. The highest BCUT2D eigenvalue weighted by Gasteiger charge is 2.42. The van der Waals surface area contributed by atoms with Gasteiger partial charge in [-0.3, -0.25) is 24.1 Å². The van der Waals surface area contributed by atoms with Crippen molar-refractivity contribution in [2.45, 2.75) is 83.6 Å². The number of fused-ring (bicyclic) bond motifs is 5. The van der Waals surface area contributed by atoms with Crippen LogP contribution in [0.4, 0.5) is 4.39 Å². The molecular weight excluding hydrogens is 784 g/mol. The zero-order valence-corrected chi connectivity index (χ0v) is 34.9. The lowest BCUT2D eigenvalue weighted by Crippen LogP contribution is -2.38. The first-order valence-corrected chi connectivity index (χ1v) is 21.2. The van der Waals surface area contributed by atoms with Gasteiger partial charge >= 0.3 is 0 Å².